The highest BCUT2D eigenvalue weighted by Crippen LogP contribution is 2.20. The van der Waals surface area contributed by atoms with E-state index in [1.54, 1.807) is 13.8 Å². The van der Waals surface area contributed by atoms with Crippen LogP contribution in [0.1, 0.15) is 33.6 Å². The zero-order valence-corrected chi connectivity index (χ0v) is 10.2. The Morgan fingerprint density at radius 2 is 2.06 bits per heavy atom. The van der Waals surface area contributed by atoms with Crippen LogP contribution in [-0.2, 0) is 9.53 Å². The number of carbonyl (C=O) groups excluding carboxylic acids is 1. The van der Waals surface area contributed by atoms with Gasteiger partial charge in [-0.25, -0.2) is 0 Å². The van der Waals surface area contributed by atoms with Crippen LogP contribution in [0.15, 0.2) is 0 Å². The quantitative estimate of drug-likeness (QED) is 0.789. The number of nitrogens with one attached hydrogen (secondary N) is 1. The van der Waals surface area contributed by atoms with E-state index in [0.29, 0.717) is 5.92 Å². The lowest BCUT2D eigenvalue weighted by atomic mass is 9.90. The highest BCUT2D eigenvalue weighted by Gasteiger charge is 2.30. The molecule has 0 aromatic heterocycles. The van der Waals surface area contributed by atoms with Crippen molar-refractivity contribution in [3.63, 3.8) is 0 Å². The molecule has 0 aromatic carbocycles. The average molecular weight is 224 g/mol. The molecule has 1 rings (SSSR count). The van der Waals surface area contributed by atoms with Crippen LogP contribution in [0, 0.1) is 22.7 Å². The molecule has 1 N–H and O–H groups in total. The number of amides is 1. The Morgan fingerprint density at radius 1 is 1.50 bits per heavy atom. The molecular formula is C12H20N2O2. The van der Waals surface area contributed by atoms with Crippen molar-refractivity contribution >= 4 is 5.91 Å². The van der Waals surface area contributed by atoms with Crippen molar-refractivity contribution in [1.82, 2.24) is 5.32 Å². The fourth-order valence-corrected chi connectivity index (χ4v) is 1.77. The van der Waals surface area contributed by atoms with E-state index in [0.717, 1.165) is 26.1 Å². The van der Waals surface area contributed by atoms with Gasteiger partial charge in [-0.05, 0) is 39.5 Å². The van der Waals surface area contributed by atoms with Gasteiger partial charge in [-0.15, -0.1) is 0 Å². The summed E-state index contributed by atoms with van der Waals surface area (Å²) < 4.78 is 5.28. The van der Waals surface area contributed by atoms with Crippen LogP contribution in [0.5, 0.6) is 0 Å². The summed E-state index contributed by atoms with van der Waals surface area (Å²) in [6, 6.07) is 2.13. The summed E-state index contributed by atoms with van der Waals surface area (Å²) in [5.74, 6) is 0.279. The first kappa shape index (κ1) is 13.0. The molecule has 1 aliphatic rings. The van der Waals surface area contributed by atoms with Gasteiger partial charge in [0.05, 0.1) is 6.07 Å². The molecule has 1 aliphatic heterocycles. The topological polar surface area (TPSA) is 62.1 Å². The molecule has 16 heavy (non-hydrogen) atoms. The largest absolute Gasteiger partial charge is 0.381 e. The minimum atomic E-state index is -0.945. The van der Waals surface area contributed by atoms with Crippen molar-refractivity contribution in [3.8, 4) is 6.07 Å². The van der Waals surface area contributed by atoms with Gasteiger partial charge >= 0.3 is 0 Å². The number of hydrogen-bond donors (Lipinski definition) is 1. The van der Waals surface area contributed by atoms with Gasteiger partial charge in [0.2, 0.25) is 5.91 Å². The molecule has 0 radical (unpaired) electrons. The van der Waals surface area contributed by atoms with Crippen molar-refractivity contribution < 1.29 is 9.53 Å². The van der Waals surface area contributed by atoms with Crippen LogP contribution in [0.2, 0.25) is 0 Å². The first-order chi connectivity index (χ1) is 7.47. The molecule has 0 spiro atoms. The van der Waals surface area contributed by atoms with Gasteiger partial charge in [-0.1, -0.05) is 0 Å². The second-order valence-electron chi connectivity index (χ2n) is 4.95. The third-order valence-corrected chi connectivity index (χ3v) is 3.18. The van der Waals surface area contributed by atoms with E-state index < -0.39 is 5.41 Å². The number of carbonyl (C=O) groups is 1. The molecule has 0 saturated carbocycles. The summed E-state index contributed by atoms with van der Waals surface area (Å²) >= 11 is 0. The molecule has 1 fully saturated rings. The number of ether oxygens (including phenoxy) is 1. The smallest absolute Gasteiger partial charge is 0.240 e. The first-order valence-corrected chi connectivity index (χ1v) is 5.77. The van der Waals surface area contributed by atoms with Crippen molar-refractivity contribution in [2.75, 3.05) is 13.2 Å². The van der Waals surface area contributed by atoms with E-state index in [1.807, 2.05) is 13.0 Å². The summed E-state index contributed by atoms with van der Waals surface area (Å²) in [6.45, 7) is 6.82. The predicted molar refractivity (Wildman–Crippen MR) is 60.5 cm³/mol. The van der Waals surface area contributed by atoms with Crippen molar-refractivity contribution in [3.05, 3.63) is 0 Å². The van der Waals surface area contributed by atoms with E-state index in [-0.39, 0.29) is 11.9 Å². The lowest BCUT2D eigenvalue weighted by molar-refractivity contribution is -0.128. The van der Waals surface area contributed by atoms with E-state index in [1.165, 1.54) is 0 Å². The molecule has 90 valence electrons. The molecule has 0 aromatic rings. The Morgan fingerprint density at radius 3 is 2.56 bits per heavy atom. The maximum absolute atomic E-state index is 11.8. The normalized spacial score (nSPS) is 19.9. The van der Waals surface area contributed by atoms with Crippen LogP contribution >= 0.6 is 0 Å². The van der Waals surface area contributed by atoms with Crippen molar-refractivity contribution in [2.45, 2.75) is 39.7 Å². The second kappa shape index (κ2) is 5.31. The number of hydrogen-bond acceptors (Lipinski definition) is 3. The fourth-order valence-electron chi connectivity index (χ4n) is 1.77. The summed E-state index contributed by atoms with van der Waals surface area (Å²) in [7, 11) is 0. The highest BCUT2D eigenvalue weighted by molar-refractivity contribution is 5.84. The van der Waals surface area contributed by atoms with Crippen LogP contribution in [0.3, 0.4) is 0 Å². The Labute approximate surface area is 97.0 Å². The predicted octanol–water partition coefficient (Wildman–Crippen LogP) is 1.47. The van der Waals surface area contributed by atoms with E-state index >= 15 is 0 Å². The number of rotatable bonds is 3. The minimum Gasteiger partial charge on any atom is -0.381 e. The van der Waals surface area contributed by atoms with Gasteiger partial charge in [-0.2, -0.15) is 5.26 Å². The zero-order chi connectivity index (χ0) is 12.2. The average Bonchev–Trinajstić information content (AvgIpc) is 2.30. The molecular weight excluding hydrogens is 204 g/mol. The molecule has 4 heteroatoms. The van der Waals surface area contributed by atoms with E-state index in [2.05, 4.69) is 5.32 Å². The lowest BCUT2D eigenvalue weighted by Gasteiger charge is -2.29. The molecule has 4 nitrogen and oxygen atoms in total. The zero-order valence-electron chi connectivity index (χ0n) is 10.2. The summed E-state index contributed by atoms with van der Waals surface area (Å²) in [4.78, 5) is 11.8. The molecule has 1 amide bonds. The standard InChI is InChI=1S/C12H20N2O2/c1-9(10-4-6-16-7-5-10)14-11(15)12(2,3)8-13/h9-10H,4-7H2,1-3H3,(H,14,15). The van der Waals surface area contributed by atoms with Gasteiger partial charge < -0.3 is 10.1 Å². The van der Waals surface area contributed by atoms with Crippen LogP contribution in [-0.4, -0.2) is 25.2 Å². The number of nitrogens with zero attached hydrogens (tertiary/aromatic N) is 1. The van der Waals surface area contributed by atoms with E-state index in [4.69, 9.17) is 10.00 Å². The molecule has 1 saturated heterocycles. The lowest BCUT2D eigenvalue weighted by Crippen LogP contribution is -2.45. The van der Waals surface area contributed by atoms with Crippen molar-refractivity contribution in [1.29, 1.82) is 5.26 Å². The second-order valence-corrected chi connectivity index (χ2v) is 4.95. The summed E-state index contributed by atoms with van der Waals surface area (Å²) in [6.07, 6.45) is 1.96. The highest BCUT2D eigenvalue weighted by atomic mass is 16.5. The Hall–Kier alpha value is -1.08. The van der Waals surface area contributed by atoms with Gasteiger partial charge in [-0.3, -0.25) is 4.79 Å². The Kier molecular flexibility index (Phi) is 4.31. The molecule has 1 heterocycles. The maximum atomic E-state index is 11.8. The Bertz CT molecular complexity index is 288. The molecule has 0 bridgehead atoms. The summed E-state index contributed by atoms with van der Waals surface area (Å²) in [5, 5.41) is 11.8. The van der Waals surface area contributed by atoms with E-state index in [9.17, 15) is 4.79 Å². The fraction of sp³-hybridized carbons (Fsp3) is 0.833. The molecule has 0 aliphatic carbocycles. The van der Waals surface area contributed by atoms with Crippen molar-refractivity contribution in [2.24, 2.45) is 11.3 Å². The Balaban J connectivity index is 2.47. The third kappa shape index (κ3) is 3.21. The van der Waals surface area contributed by atoms with Gasteiger partial charge in [0.15, 0.2) is 0 Å². The van der Waals surface area contributed by atoms with Gasteiger partial charge in [0, 0.05) is 19.3 Å². The van der Waals surface area contributed by atoms with Crippen LogP contribution < -0.4 is 5.32 Å². The van der Waals surface area contributed by atoms with Gasteiger partial charge in [0.1, 0.15) is 5.41 Å². The van der Waals surface area contributed by atoms with Crippen LogP contribution in [0.4, 0.5) is 0 Å². The number of nitriles is 1. The minimum absolute atomic E-state index is 0.115. The third-order valence-electron chi connectivity index (χ3n) is 3.18. The maximum Gasteiger partial charge on any atom is 0.240 e. The monoisotopic (exact) mass is 224 g/mol. The summed E-state index contributed by atoms with van der Waals surface area (Å²) in [5.41, 5.74) is -0.945. The molecule has 1 atom stereocenters. The molecule has 1 unspecified atom stereocenters. The van der Waals surface area contributed by atoms with Crippen LogP contribution in [0.25, 0.3) is 0 Å². The SMILES string of the molecule is CC(NC(=O)C(C)(C)C#N)C1CCOCC1. The van der Waals surface area contributed by atoms with Gasteiger partial charge in [0.25, 0.3) is 0 Å². The first-order valence-electron chi connectivity index (χ1n) is 5.77.